The van der Waals surface area contributed by atoms with Crippen LogP contribution in [0.4, 0.5) is 5.69 Å². The van der Waals surface area contributed by atoms with E-state index in [4.69, 9.17) is 5.26 Å². The van der Waals surface area contributed by atoms with Crippen LogP contribution in [0.2, 0.25) is 0 Å². The number of hydrogen-bond acceptors (Lipinski definition) is 3. The van der Waals surface area contributed by atoms with E-state index in [0.717, 1.165) is 21.3 Å². The van der Waals surface area contributed by atoms with Crippen LogP contribution in [-0.2, 0) is 0 Å². The highest BCUT2D eigenvalue weighted by Gasteiger charge is 2.12. The second-order valence-corrected chi connectivity index (χ2v) is 5.59. The molecule has 2 N–H and O–H groups in total. The van der Waals surface area contributed by atoms with E-state index in [-0.39, 0.29) is 11.8 Å². The highest BCUT2D eigenvalue weighted by molar-refractivity contribution is 9.10. The van der Waals surface area contributed by atoms with Crippen molar-refractivity contribution in [3.63, 3.8) is 0 Å². The van der Waals surface area contributed by atoms with Crippen LogP contribution in [0.1, 0.15) is 29.7 Å². The van der Waals surface area contributed by atoms with Crippen molar-refractivity contribution < 1.29 is 5.11 Å². The molecule has 0 fully saturated rings. The molecule has 0 amide bonds. The fraction of sp³-hybridized carbons (Fsp3) is 0.188. The Bertz CT molecular complexity index is 677. The van der Waals surface area contributed by atoms with Crippen molar-refractivity contribution in [1.29, 1.82) is 5.26 Å². The molecule has 0 aliphatic carbocycles. The Labute approximate surface area is 127 Å². The van der Waals surface area contributed by atoms with Gasteiger partial charge in [-0.15, -0.1) is 0 Å². The smallest absolute Gasteiger partial charge is 0.120 e. The molecule has 2 aromatic carbocycles. The lowest BCUT2D eigenvalue weighted by atomic mass is 10.0. The zero-order chi connectivity index (χ0) is 14.7. The first kappa shape index (κ1) is 14.4. The maximum Gasteiger partial charge on any atom is 0.120 e. The number of anilines is 1. The number of rotatable bonds is 3. The quantitative estimate of drug-likeness (QED) is 0.870. The number of aryl methyl sites for hydroxylation is 1. The molecule has 0 saturated carbocycles. The molecule has 1 atom stereocenters. The number of nitrogens with zero attached hydrogens (tertiary/aromatic N) is 1. The summed E-state index contributed by atoms with van der Waals surface area (Å²) >= 11 is 3.45. The SMILES string of the molecule is Cc1ccc(O)c(C(C)Nc2ccc(C#N)cc2Br)c1. The molecule has 1 unspecified atom stereocenters. The molecule has 0 aliphatic rings. The van der Waals surface area contributed by atoms with Gasteiger partial charge in [-0.05, 0) is 54.0 Å². The lowest BCUT2D eigenvalue weighted by Crippen LogP contribution is -2.07. The van der Waals surface area contributed by atoms with E-state index in [1.54, 1.807) is 18.2 Å². The predicted octanol–water partition coefficient (Wildman–Crippen LogP) is 4.51. The highest BCUT2D eigenvalue weighted by atomic mass is 79.9. The van der Waals surface area contributed by atoms with Crippen molar-refractivity contribution in [2.24, 2.45) is 0 Å². The summed E-state index contributed by atoms with van der Waals surface area (Å²) < 4.78 is 0.829. The van der Waals surface area contributed by atoms with Gasteiger partial charge >= 0.3 is 0 Å². The van der Waals surface area contributed by atoms with Gasteiger partial charge in [0.15, 0.2) is 0 Å². The third kappa shape index (κ3) is 3.12. The van der Waals surface area contributed by atoms with Crippen LogP contribution < -0.4 is 5.32 Å². The summed E-state index contributed by atoms with van der Waals surface area (Å²) in [6, 6.07) is 13.0. The van der Waals surface area contributed by atoms with Crippen molar-refractivity contribution in [1.82, 2.24) is 0 Å². The largest absolute Gasteiger partial charge is 0.508 e. The molecule has 0 heterocycles. The monoisotopic (exact) mass is 330 g/mol. The molecule has 0 aromatic heterocycles. The molecule has 3 nitrogen and oxygen atoms in total. The van der Waals surface area contributed by atoms with Gasteiger partial charge in [0.25, 0.3) is 0 Å². The summed E-state index contributed by atoms with van der Waals surface area (Å²) in [5.74, 6) is 0.278. The number of benzene rings is 2. The molecular weight excluding hydrogens is 316 g/mol. The van der Waals surface area contributed by atoms with E-state index in [1.807, 2.05) is 32.0 Å². The Balaban J connectivity index is 2.26. The summed E-state index contributed by atoms with van der Waals surface area (Å²) in [7, 11) is 0. The van der Waals surface area contributed by atoms with E-state index in [0.29, 0.717) is 5.56 Å². The van der Waals surface area contributed by atoms with Gasteiger partial charge in [-0.2, -0.15) is 5.26 Å². The van der Waals surface area contributed by atoms with Crippen LogP contribution in [0.15, 0.2) is 40.9 Å². The molecule has 2 rings (SSSR count). The molecule has 20 heavy (non-hydrogen) atoms. The van der Waals surface area contributed by atoms with Gasteiger partial charge in [0.2, 0.25) is 0 Å². The fourth-order valence-electron chi connectivity index (χ4n) is 2.03. The van der Waals surface area contributed by atoms with Crippen LogP contribution in [0.5, 0.6) is 5.75 Å². The lowest BCUT2D eigenvalue weighted by Gasteiger charge is -2.18. The second kappa shape index (κ2) is 5.98. The Hall–Kier alpha value is -1.99. The third-order valence-electron chi connectivity index (χ3n) is 3.12. The van der Waals surface area contributed by atoms with Gasteiger partial charge in [-0.25, -0.2) is 0 Å². The molecule has 0 saturated heterocycles. The van der Waals surface area contributed by atoms with Crippen LogP contribution in [0, 0.1) is 18.3 Å². The number of nitriles is 1. The standard InChI is InChI=1S/C16H15BrN2O/c1-10-3-6-16(20)13(7-10)11(2)19-15-5-4-12(9-18)8-14(15)17/h3-8,11,19-20H,1-2H3. The topological polar surface area (TPSA) is 56.0 Å². The zero-order valence-electron chi connectivity index (χ0n) is 11.3. The number of aromatic hydroxyl groups is 1. The minimum absolute atomic E-state index is 0.0425. The van der Waals surface area contributed by atoms with Gasteiger partial charge in [0.05, 0.1) is 17.7 Å². The van der Waals surface area contributed by atoms with Crippen LogP contribution in [0.25, 0.3) is 0 Å². The van der Waals surface area contributed by atoms with Crippen LogP contribution in [0.3, 0.4) is 0 Å². The Morgan fingerprint density at radius 2 is 2.00 bits per heavy atom. The average Bonchev–Trinajstić information content (AvgIpc) is 2.43. The molecule has 102 valence electrons. The van der Waals surface area contributed by atoms with Gasteiger partial charge in [0, 0.05) is 15.7 Å². The van der Waals surface area contributed by atoms with Crippen molar-refractivity contribution in [2.45, 2.75) is 19.9 Å². The Morgan fingerprint density at radius 1 is 1.25 bits per heavy atom. The molecule has 0 aliphatic heterocycles. The first-order valence-corrected chi connectivity index (χ1v) is 7.06. The summed E-state index contributed by atoms with van der Waals surface area (Å²) in [6.45, 7) is 3.98. The molecule has 0 radical (unpaired) electrons. The molecule has 0 spiro atoms. The lowest BCUT2D eigenvalue weighted by molar-refractivity contribution is 0.465. The summed E-state index contributed by atoms with van der Waals surface area (Å²) in [5.41, 5.74) is 3.44. The minimum atomic E-state index is -0.0425. The third-order valence-corrected chi connectivity index (χ3v) is 3.78. The summed E-state index contributed by atoms with van der Waals surface area (Å²) in [5, 5.41) is 22.1. The van der Waals surface area contributed by atoms with Gasteiger partial charge < -0.3 is 10.4 Å². The average molecular weight is 331 g/mol. The number of halogens is 1. The fourth-order valence-corrected chi connectivity index (χ4v) is 2.53. The molecule has 2 aromatic rings. The molecular formula is C16H15BrN2O. The van der Waals surface area contributed by atoms with Crippen molar-refractivity contribution in [3.8, 4) is 11.8 Å². The summed E-state index contributed by atoms with van der Waals surface area (Å²) in [6.07, 6.45) is 0. The van der Waals surface area contributed by atoms with E-state index in [2.05, 4.69) is 27.3 Å². The second-order valence-electron chi connectivity index (χ2n) is 4.73. The Morgan fingerprint density at radius 3 is 2.65 bits per heavy atom. The maximum absolute atomic E-state index is 9.94. The van der Waals surface area contributed by atoms with E-state index >= 15 is 0 Å². The Kier molecular flexibility index (Phi) is 4.31. The number of hydrogen-bond donors (Lipinski definition) is 2. The predicted molar refractivity (Wildman–Crippen MR) is 83.7 cm³/mol. The van der Waals surface area contributed by atoms with Gasteiger partial charge in [-0.3, -0.25) is 0 Å². The van der Waals surface area contributed by atoms with E-state index in [9.17, 15) is 5.11 Å². The first-order valence-electron chi connectivity index (χ1n) is 6.27. The minimum Gasteiger partial charge on any atom is -0.508 e. The van der Waals surface area contributed by atoms with Crippen molar-refractivity contribution in [3.05, 3.63) is 57.6 Å². The van der Waals surface area contributed by atoms with Gasteiger partial charge in [0.1, 0.15) is 5.75 Å². The summed E-state index contributed by atoms with van der Waals surface area (Å²) in [4.78, 5) is 0. The van der Waals surface area contributed by atoms with E-state index < -0.39 is 0 Å². The normalized spacial score (nSPS) is 11.7. The first-order chi connectivity index (χ1) is 9.51. The highest BCUT2D eigenvalue weighted by Crippen LogP contribution is 2.31. The van der Waals surface area contributed by atoms with Crippen LogP contribution in [-0.4, -0.2) is 5.11 Å². The molecule has 0 bridgehead atoms. The van der Waals surface area contributed by atoms with Crippen LogP contribution >= 0.6 is 15.9 Å². The van der Waals surface area contributed by atoms with Gasteiger partial charge in [-0.1, -0.05) is 17.7 Å². The number of phenolic OH excluding ortho intramolecular Hbond substituents is 1. The molecule has 4 heteroatoms. The number of phenols is 1. The zero-order valence-corrected chi connectivity index (χ0v) is 12.9. The van der Waals surface area contributed by atoms with E-state index in [1.165, 1.54) is 0 Å². The van der Waals surface area contributed by atoms with Crippen molar-refractivity contribution >= 4 is 21.6 Å². The van der Waals surface area contributed by atoms with Crippen molar-refractivity contribution in [2.75, 3.05) is 5.32 Å². The maximum atomic E-state index is 9.94. The number of nitrogens with one attached hydrogen (secondary N) is 1.